The quantitative estimate of drug-likeness (QED) is 0.333. The average Bonchev–Trinajstić information content (AvgIpc) is 3.67. The molecule has 2 aromatic carbocycles. The van der Waals surface area contributed by atoms with E-state index in [1.54, 1.807) is 24.3 Å². The fourth-order valence-electron chi connectivity index (χ4n) is 5.35. The van der Waals surface area contributed by atoms with Gasteiger partial charge in [0.1, 0.15) is 0 Å². The lowest BCUT2D eigenvalue weighted by molar-refractivity contribution is -0.111. The zero-order chi connectivity index (χ0) is 29.3. The number of amides is 4. The Morgan fingerprint density at radius 3 is 2.37 bits per heavy atom. The van der Waals surface area contributed by atoms with E-state index in [-0.39, 0.29) is 29.9 Å². The smallest absolute Gasteiger partial charge is 0.319 e. The fraction of sp³-hybridized carbons (Fsp3) is 0.355. The van der Waals surface area contributed by atoms with E-state index in [4.69, 9.17) is 5.10 Å². The molecule has 1 aromatic heterocycles. The summed E-state index contributed by atoms with van der Waals surface area (Å²) in [6.45, 7) is 8.49. The second-order valence-corrected chi connectivity index (χ2v) is 11.4. The zero-order valence-electron chi connectivity index (χ0n) is 24.0. The molecule has 3 N–H and O–H groups in total. The summed E-state index contributed by atoms with van der Waals surface area (Å²) in [6.07, 6.45) is 3.22. The van der Waals surface area contributed by atoms with Gasteiger partial charge in [-0.3, -0.25) is 14.3 Å². The highest BCUT2D eigenvalue weighted by atomic mass is 16.2. The van der Waals surface area contributed by atoms with Gasteiger partial charge in [-0.25, -0.2) is 4.79 Å². The van der Waals surface area contributed by atoms with Crippen molar-refractivity contribution in [2.24, 2.45) is 0 Å². The maximum atomic E-state index is 13.8. The predicted octanol–water partition coefficient (Wildman–Crippen LogP) is 4.66. The summed E-state index contributed by atoms with van der Waals surface area (Å²) in [5.41, 5.74) is 3.20. The van der Waals surface area contributed by atoms with Crippen LogP contribution in [-0.2, 0) is 16.9 Å². The van der Waals surface area contributed by atoms with Crippen molar-refractivity contribution in [3.05, 3.63) is 89.6 Å². The molecule has 0 saturated heterocycles. The Hall–Kier alpha value is -4.44. The van der Waals surface area contributed by atoms with Gasteiger partial charge in [-0.1, -0.05) is 36.9 Å². The van der Waals surface area contributed by atoms with Crippen molar-refractivity contribution in [1.29, 1.82) is 0 Å². The summed E-state index contributed by atoms with van der Waals surface area (Å²) >= 11 is 0. The van der Waals surface area contributed by atoms with Crippen molar-refractivity contribution in [2.45, 2.75) is 50.9 Å². The van der Waals surface area contributed by atoms with Crippen LogP contribution in [0, 0.1) is 0 Å². The molecule has 10 heteroatoms. The highest BCUT2D eigenvalue weighted by molar-refractivity contribution is 6.05. The standard InChI is InChI=1S/C31H37N7O3/c1-6-26(39)32-22-14-12-21(13-15-22)29(40)34-28-24-18-37(31(2,3)27(24)38(35-28)23-16-17-23)30(41)33-25(19-36(4)5)20-10-8-7-9-11-20/h6-15,23,25H,1,16-19H2,2-5H3,(H,32,39)(H,33,41)(H,34,35,40)/t25-/m1/s1. The Bertz CT molecular complexity index is 1460. The number of carbonyl (C=O) groups excluding carboxylic acids is 3. The third-order valence-corrected chi connectivity index (χ3v) is 7.60. The molecule has 4 amide bonds. The minimum atomic E-state index is -0.637. The van der Waals surface area contributed by atoms with Crippen molar-refractivity contribution in [2.75, 3.05) is 31.3 Å². The summed E-state index contributed by atoms with van der Waals surface area (Å²) < 4.78 is 2.00. The molecule has 1 saturated carbocycles. The maximum absolute atomic E-state index is 13.8. The van der Waals surface area contributed by atoms with Crippen LogP contribution < -0.4 is 16.0 Å². The first-order valence-electron chi connectivity index (χ1n) is 13.8. The minimum absolute atomic E-state index is 0.168. The van der Waals surface area contributed by atoms with Crippen LogP contribution >= 0.6 is 0 Å². The number of hydrogen-bond donors (Lipinski definition) is 3. The van der Waals surface area contributed by atoms with E-state index in [1.807, 2.05) is 67.9 Å². The number of fused-ring (bicyclic) bond motifs is 1. The number of likely N-dealkylation sites (N-methyl/N-ethyl adjacent to an activating group) is 1. The van der Waals surface area contributed by atoms with Crippen molar-refractivity contribution in [1.82, 2.24) is 24.9 Å². The van der Waals surface area contributed by atoms with Gasteiger partial charge in [0.15, 0.2) is 5.82 Å². The maximum Gasteiger partial charge on any atom is 0.319 e. The Balaban J connectivity index is 1.38. The molecule has 2 heterocycles. The van der Waals surface area contributed by atoms with Crippen LogP contribution in [-0.4, -0.2) is 58.1 Å². The molecule has 3 aromatic rings. The van der Waals surface area contributed by atoms with E-state index in [9.17, 15) is 14.4 Å². The van der Waals surface area contributed by atoms with Gasteiger partial charge in [-0.15, -0.1) is 0 Å². The van der Waals surface area contributed by atoms with Crippen molar-refractivity contribution < 1.29 is 14.4 Å². The number of aromatic nitrogens is 2. The SMILES string of the molecule is C=CC(=O)Nc1ccc(C(=O)Nc2nn(C3CC3)c3c2CN(C(=O)N[C@H](CN(C)C)c2ccccc2)C3(C)C)cc1. The second kappa shape index (κ2) is 11.2. The van der Waals surface area contributed by atoms with E-state index in [0.717, 1.165) is 29.7 Å². The second-order valence-electron chi connectivity index (χ2n) is 11.4. The molecule has 0 unspecified atom stereocenters. The third-order valence-electron chi connectivity index (χ3n) is 7.60. The van der Waals surface area contributed by atoms with Gasteiger partial charge in [0.05, 0.1) is 29.9 Å². The number of nitrogens with zero attached hydrogens (tertiary/aromatic N) is 4. The van der Waals surface area contributed by atoms with Crippen LogP contribution in [0.3, 0.4) is 0 Å². The first-order chi connectivity index (χ1) is 19.6. The summed E-state index contributed by atoms with van der Waals surface area (Å²) in [5, 5.41) is 13.7. The van der Waals surface area contributed by atoms with Crippen LogP contribution in [0.5, 0.6) is 0 Å². The predicted molar refractivity (Wildman–Crippen MR) is 159 cm³/mol. The molecular formula is C31H37N7O3. The lowest BCUT2D eigenvalue weighted by atomic mass is 10.00. The number of anilines is 2. The molecule has 1 aliphatic heterocycles. The number of hydrogen-bond acceptors (Lipinski definition) is 5. The highest BCUT2D eigenvalue weighted by Gasteiger charge is 2.48. The number of urea groups is 1. The Morgan fingerprint density at radius 2 is 1.76 bits per heavy atom. The molecule has 1 fully saturated rings. The Labute approximate surface area is 240 Å². The lowest BCUT2D eigenvalue weighted by Crippen LogP contribution is -2.49. The number of benzene rings is 2. The number of rotatable bonds is 9. The molecule has 214 valence electrons. The lowest BCUT2D eigenvalue weighted by Gasteiger charge is -2.35. The van der Waals surface area contributed by atoms with Crippen LogP contribution in [0.2, 0.25) is 0 Å². The van der Waals surface area contributed by atoms with Crippen molar-refractivity contribution in [3.63, 3.8) is 0 Å². The van der Waals surface area contributed by atoms with E-state index in [0.29, 0.717) is 30.2 Å². The molecular weight excluding hydrogens is 518 g/mol. The van der Waals surface area contributed by atoms with Gasteiger partial charge in [0.2, 0.25) is 5.91 Å². The molecule has 0 radical (unpaired) electrons. The highest BCUT2D eigenvalue weighted by Crippen LogP contribution is 2.47. The minimum Gasteiger partial charge on any atom is -0.330 e. The molecule has 10 nitrogen and oxygen atoms in total. The monoisotopic (exact) mass is 555 g/mol. The molecule has 0 spiro atoms. The molecule has 1 aliphatic carbocycles. The van der Waals surface area contributed by atoms with Crippen LogP contribution in [0.15, 0.2) is 67.3 Å². The summed E-state index contributed by atoms with van der Waals surface area (Å²) in [5.74, 6) is -0.167. The summed E-state index contributed by atoms with van der Waals surface area (Å²) in [4.78, 5) is 42.5. The molecule has 1 atom stereocenters. The van der Waals surface area contributed by atoms with Gasteiger partial charge in [-0.2, -0.15) is 5.10 Å². The molecule has 0 bridgehead atoms. The van der Waals surface area contributed by atoms with Gasteiger partial charge < -0.3 is 25.8 Å². The topological polar surface area (TPSA) is 112 Å². The van der Waals surface area contributed by atoms with Gasteiger partial charge >= 0.3 is 6.03 Å². The largest absolute Gasteiger partial charge is 0.330 e. The number of carbonyl (C=O) groups is 3. The van der Waals surface area contributed by atoms with Gasteiger partial charge in [-0.05, 0) is 76.7 Å². The first kappa shape index (κ1) is 28.1. The normalized spacial score (nSPS) is 16.2. The third kappa shape index (κ3) is 5.88. The first-order valence-corrected chi connectivity index (χ1v) is 13.8. The average molecular weight is 556 g/mol. The van der Waals surface area contributed by atoms with E-state index < -0.39 is 5.54 Å². The Kier molecular flexibility index (Phi) is 7.68. The van der Waals surface area contributed by atoms with Crippen molar-refractivity contribution >= 4 is 29.4 Å². The fourth-order valence-corrected chi connectivity index (χ4v) is 5.35. The van der Waals surface area contributed by atoms with Crippen LogP contribution in [0.4, 0.5) is 16.3 Å². The van der Waals surface area contributed by atoms with E-state index in [1.165, 1.54) is 6.08 Å². The molecule has 2 aliphatic rings. The Morgan fingerprint density at radius 1 is 1.07 bits per heavy atom. The van der Waals surface area contributed by atoms with E-state index >= 15 is 0 Å². The van der Waals surface area contributed by atoms with Crippen LogP contribution in [0.1, 0.15) is 66.0 Å². The summed E-state index contributed by atoms with van der Waals surface area (Å²) in [7, 11) is 3.98. The van der Waals surface area contributed by atoms with Crippen LogP contribution in [0.25, 0.3) is 0 Å². The molecule has 41 heavy (non-hydrogen) atoms. The van der Waals surface area contributed by atoms with Gasteiger partial charge in [0, 0.05) is 23.4 Å². The zero-order valence-corrected chi connectivity index (χ0v) is 24.0. The molecule has 5 rings (SSSR count). The van der Waals surface area contributed by atoms with Gasteiger partial charge in [0.25, 0.3) is 5.91 Å². The summed E-state index contributed by atoms with van der Waals surface area (Å²) in [6, 6.07) is 16.5. The van der Waals surface area contributed by atoms with E-state index in [2.05, 4.69) is 27.4 Å². The number of nitrogens with one attached hydrogen (secondary N) is 3. The van der Waals surface area contributed by atoms with Crippen molar-refractivity contribution in [3.8, 4) is 0 Å².